The molecule has 1 atom stereocenters. The van der Waals surface area contributed by atoms with Crippen LogP contribution in [0.4, 0.5) is 0 Å². The summed E-state index contributed by atoms with van der Waals surface area (Å²) in [6.45, 7) is 7.52. The van der Waals surface area contributed by atoms with Crippen molar-refractivity contribution < 1.29 is 9.53 Å². The number of carbonyl (C=O) groups is 1. The highest BCUT2D eigenvalue weighted by Gasteiger charge is 2.25. The van der Waals surface area contributed by atoms with Crippen LogP contribution in [-0.2, 0) is 17.8 Å². The van der Waals surface area contributed by atoms with E-state index in [1.807, 2.05) is 47.4 Å². The van der Waals surface area contributed by atoms with E-state index >= 15 is 0 Å². The predicted molar refractivity (Wildman–Crippen MR) is 123 cm³/mol. The molecule has 0 saturated carbocycles. The SMILES string of the molecule is CC(C)COc1ccc(CC(=O)N(Cc2ccccn2)C2CCCNCC2)cc1.Cl. The van der Waals surface area contributed by atoms with Crippen molar-refractivity contribution in [3.8, 4) is 5.75 Å². The summed E-state index contributed by atoms with van der Waals surface area (Å²) in [5.41, 5.74) is 1.96. The van der Waals surface area contributed by atoms with Gasteiger partial charge in [0.15, 0.2) is 0 Å². The first kappa shape index (κ1) is 24.2. The van der Waals surface area contributed by atoms with Crippen LogP contribution in [0.2, 0.25) is 0 Å². The molecular formula is C24H34ClN3O2. The Labute approximate surface area is 186 Å². The summed E-state index contributed by atoms with van der Waals surface area (Å²) in [6, 6.07) is 14.1. The Bertz CT molecular complexity index is 745. The smallest absolute Gasteiger partial charge is 0.227 e. The van der Waals surface area contributed by atoms with Crippen molar-refractivity contribution >= 4 is 18.3 Å². The highest BCUT2D eigenvalue weighted by atomic mass is 35.5. The van der Waals surface area contributed by atoms with Gasteiger partial charge >= 0.3 is 0 Å². The van der Waals surface area contributed by atoms with Crippen LogP contribution in [0.25, 0.3) is 0 Å². The van der Waals surface area contributed by atoms with E-state index < -0.39 is 0 Å². The van der Waals surface area contributed by atoms with Gasteiger partial charge in [0.25, 0.3) is 0 Å². The second-order valence-electron chi connectivity index (χ2n) is 8.20. The molecule has 1 saturated heterocycles. The number of hydrogen-bond donors (Lipinski definition) is 1. The van der Waals surface area contributed by atoms with Gasteiger partial charge in [-0.25, -0.2) is 0 Å². The molecule has 1 aromatic heterocycles. The lowest BCUT2D eigenvalue weighted by Gasteiger charge is -2.31. The highest BCUT2D eigenvalue weighted by molar-refractivity contribution is 5.85. The first-order valence-corrected chi connectivity index (χ1v) is 10.7. The van der Waals surface area contributed by atoms with Gasteiger partial charge in [0, 0.05) is 12.2 Å². The fourth-order valence-corrected chi connectivity index (χ4v) is 3.64. The molecular weight excluding hydrogens is 398 g/mol. The Balaban J connectivity index is 0.00000320. The van der Waals surface area contributed by atoms with Gasteiger partial charge in [0.2, 0.25) is 5.91 Å². The third kappa shape index (κ3) is 7.62. The molecule has 164 valence electrons. The maximum atomic E-state index is 13.3. The number of halogens is 1. The predicted octanol–water partition coefficient (Wildman–Crippen LogP) is 4.25. The standard InChI is InChI=1S/C24H33N3O2.ClH/c1-19(2)18-29-23-10-8-20(9-11-23)16-24(28)27(17-21-6-3-4-14-26-21)22-7-5-13-25-15-12-22;/h3-4,6,8-11,14,19,22,25H,5,7,12-13,15-18H2,1-2H3;1H. The van der Waals surface area contributed by atoms with Crippen LogP contribution >= 0.6 is 12.4 Å². The summed E-state index contributed by atoms with van der Waals surface area (Å²) in [6.07, 6.45) is 5.32. The van der Waals surface area contributed by atoms with E-state index in [1.54, 1.807) is 6.20 Å². The number of pyridine rings is 1. The van der Waals surface area contributed by atoms with Crippen molar-refractivity contribution in [3.05, 3.63) is 59.9 Å². The molecule has 0 spiro atoms. The Morgan fingerprint density at radius 2 is 1.97 bits per heavy atom. The number of nitrogens with one attached hydrogen (secondary N) is 1. The molecule has 5 nitrogen and oxygen atoms in total. The zero-order chi connectivity index (χ0) is 20.5. The second kappa shape index (κ2) is 12.6. The quantitative estimate of drug-likeness (QED) is 0.678. The molecule has 6 heteroatoms. The van der Waals surface area contributed by atoms with E-state index in [4.69, 9.17) is 4.74 Å². The lowest BCUT2D eigenvalue weighted by molar-refractivity contribution is -0.133. The number of aromatic nitrogens is 1. The Kier molecular flexibility index (Phi) is 10.1. The van der Waals surface area contributed by atoms with Gasteiger partial charge < -0.3 is 15.0 Å². The lowest BCUT2D eigenvalue weighted by Crippen LogP contribution is -2.41. The van der Waals surface area contributed by atoms with Gasteiger partial charge in [0.1, 0.15) is 5.75 Å². The maximum absolute atomic E-state index is 13.3. The lowest BCUT2D eigenvalue weighted by atomic mass is 10.0. The fraction of sp³-hybridized carbons (Fsp3) is 0.500. The summed E-state index contributed by atoms with van der Waals surface area (Å²) < 4.78 is 5.75. The number of amides is 1. The molecule has 0 aliphatic carbocycles. The van der Waals surface area contributed by atoms with Crippen molar-refractivity contribution in [3.63, 3.8) is 0 Å². The average molecular weight is 432 g/mol. The van der Waals surface area contributed by atoms with Gasteiger partial charge in [-0.2, -0.15) is 0 Å². The Morgan fingerprint density at radius 3 is 2.67 bits per heavy atom. The minimum atomic E-state index is 0. The molecule has 1 aliphatic heterocycles. The van der Waals surface area contributed by atoms with E-state index in [0.717, 1.165) is 49.4 Å². The van der Waals surface area contributed by atoms with Gasteiger partial charge in [-0.3, -0.25) is 9.78 Å². The molecule has 2 heterocycles. The third-order valence-corrected chi connectivity index (χ3v) is 5.23. The molecule has 1 amide bonds. The Morgan fingerprint density at radius 1 is 1.17 bits per heavy atom. The van der Waals surface area contributed by atoms with E-state index in [-0.39, 0.29) is 24.4 Å². The average Bonchev–Trinajstić information content (AvgIpc) is 3.01. The van der Waals surface area contributed by atoms with Crippen molar-refractivity contribution in [2.45, 2.75) is 52.1 Å². The van der Waals surface area contributed by atoms with Crippen molar-refractivity contribution in [2.75, 3.05) is 19.7 Å². The molecule has 1 aromatic carbocycles. The molecule has 1 N–H and O–H groups in total. The van der Waals surface area contributed by atoms with Gasteiger partial charge in [-0.1, -0.05) is 32.0 Å². The van der Waals surface area contributed by atoms with E-state index in [0.29, 0.717) is 25.5 Å². The number of hydrogen-bond acceptors (Lipinski definition) is 4. The fourth-order valence-electron chi connectivity index (χ4n) is 3.64. The number of rotatable bonds is 8. The topological polar surface area (TPSA) is 54.5 Å². The molecule has 1 aliphatic rings. The molecule has 0 bridgehead atoms. The first-order valence-electron chi connectivity index (χ1n) is 10.7. The van der Waals surface area contributed by atoms with Crippen molar-refractivity contribution in [2.24, 2.45) is 5.92 Å². The number of benzene rings is 1. The zero-order valence-corrected chi connectivity index (χ0v) is 18.9. The van der Waals surface area contributed by atoms with Gasteiger partial charge in [-0.15, -0.1) is 12.4 Å². The second-order valence-corrected chi connectivity index (χ2v) is 8.20. The molecule has 2 aromatic rings. The van der Waals surface area contributed by atoms with E-state index in [2.05, 4.69) is 24.1 Å². The summed E-state index contributed by atoms with van der Waals surface area (Å²) >= 11 is 0. The molecule has 30 heavy (non-hydrogen) atoms. The molecule has 0 radical (unpaired) electrons. The van der Waals surface area contributed by atoms with Crippen LogP contribution in [0.3, 0.4) is 0 Å². The third-order valence-electron chi connectivity index (χ3n) is 5.23. The van der Waals surface area contributed by atoms with Gasteiger partial charge in [0.05, 0.1) is 25.3 Å². The highest BCUT2D eigenvalue weighted by Crippen LogP contribution is 2.19. The largest absolute Gasteiger partial charge is 0.493 e. The van der Waals surface area contributed by atoms with Crippen LogP contribution in [0.5, 0.6) is 5.75 Å². The van der Waals surface area contributed by atoms with Crippen molar-refractivity contribution in [1.82, 2.24) is 15.2 Å². The monoisotopic (exact) mass is 431 g/mol. The number of carbonyl (C=O) groups excluding carboxylic acids is 1. The summed E-state index contributed by atoms with van der Waals surface area (Å²) in [5, 5.41) is 3.44. The van der Waals surface area contributed by atoms with E-state index in [9.17, 15) is 4.79 Å². The number of ether oxygens (including phenoxy) is 1. The first-order chi connectivity index (χ1) is 14.1. The number of nitrogens with zero attached hydrogens (tertiary/aromatic N) is 2. The molecule has 1 unspecified atom stereocenters. The Hall–Kier alpha value is -2.11. The summed E-state index contributed by atoms with van der Waals surface area (Å²) in [5.74, 6) is 1.51. The van der Waals surface area contributed by atoms with Gasteiger partial charge in [-0.05, 0) is 68.1 Å². The minimum Gasteiger partial charge on any atom is -0.493 e. The van der Waals surface area contributed by atoms with Crippen LogP contribution in [0, 0.1) is 5.92 Å². The minimum absolute atomic E-state index is 0. The van der Waals surface area contributed by atoms with Crippen LogP contribution in [0.15, 0.2) is 48.7 Å². The van der Waals surface area contributed by atoms with E-state index in [1.165, 1.54) is 0 Å². The molecule has 3 rings (SSSR count). The zero-order valence-electron chi connectivity index (χ0n) is 18.0. The summed E-state index contributed by atoms with van der Waals surface area (Å²) in [7, 11) is 0. The van der Waals surface area contributed by atoms with Crippen LogP contribution in [-0.4, -0.2) is 41.5 Å². The summed E-state index contributed by atoms with van der Waals surface area (Å²) in [4.78, 5) is 19.8. The van der Waals surface area contributed by atoms with Crippen LogP contribution in [0.1, 0.15) is 44.4 Å². The van der Waals surface area contributed by atoms with Crippen LogP contribution < -0.4 is 10.1 Å². The normalized spacial score (nSPS) is 16.4. The molecule has 1 fully saturated rings. The van der Waals surface area contributed by atoms with Crippen molar-refractivity contribution in [1.29, 1.82) is 0 Å². The maximum Gasteiger partial charge on any atom is 0.227 e.